The molecule has 0 aliphatic heterocycles. The van der Waals surface area contributed by atoms with Gasteiger partial charge in [0.15, 0.2) is 0 Å². The molecule has 0 spiro atoms. The van der Waals surface area contributed by atoms with Crippen LogP contribution in [0.1, 0.15) is 19.3 Å². The number of alkyl halides is 1. The second kappa shape index (κ2) is 4.23. The van der Waals surface area contributed by atoms with Crippen molar-refractivity contribution in [2.24, 2.45) is 0 Å². The molecule has 0 atom stereocenters. The Kier molecular flexibility index (Phi) is 2.95. The van der Waals surface area contributed by atoms with Gasteiger partial charge in [-0.25, -0.2) is 0 Å². The molecule has 82 valence electrons. The van der Waals surface area contributed by atoms with Crippen molar-refractivity contribution in [3.05, 3.63) is 12.4 Å². The first kappa shape index (κ1) is 10.5. The van der Waals surface area contributed by atoms with E-state index in [1.54, 1.807) is 19.5 Å². The van der Waals surface area contributed by atoms with Crippen molar-refractivity contribution in [3.63, 3.8) is 0 Å². The monoisotopic (exact) mass is 227 g/mol. The number of methoxy groups -OCH3 is 1. The second-order valence-electron chi connectivity index (χ2n) is 3.84. The van der Waals surface area contributed by atoms with Crippen LogP contribution in [0.2, 0.25) is 0 Å². The summed E-state index contributed by atoms with van der Waals surface area (Å²) in [5.41, 5.74) is 0.0165. The number of rotatable bonds is 4. The molecule has 1 fully saturated rings. The van der Waals surface area contributed by atoms with Crippen LogP contribution in [-0.2, 0) is 0 Å². The molecule has 1 aliphatic carbocycles. The third-order valence-electron chi connectivity index (χ3n) is 2.78. The lowest BCUT2D eigenvalue weighted by molar-refractivity contribution is 0.309. The molecule has 0 amide bonds. The number of anilines is 1. The molecule has 1 aromatic heterocycles. The zero-order chi connectivity index (χ0) is 10.7. The highest BCUT2D eigenvalue weighted by molar-refractivity contribution is 6.19. The molecule has 0 radical (unpaired) electrons. The minimum Gasteiger partial charge on any atom is -0.480 e. The zero-order valence-corrected chi connectivity index (χ0v) is 9.42. The van der Waals surface area contributed by atoms with Gasteiger partial charge in [0.25, 0.3) is 0 Å². The Labute approximate surface area is 94.0 Å². The molecule has 1 N–H and O–H groups in total. The highest BCUT2D eigenvalue weighted by Crippen LogP contribution is 2.35. The first-order valence-electron chi connectivity index (χ1n) is 4.98. The predicted octanol–water partition coefficient (Wildman–Crippen LogP) is 2.06. The summed E-state index contributed by atoms with van der Waals surface area (Å²) >= 11 is 5.94. The van der Waals surface area contributed by atoms with E-state index in [-0.39, 0.29) is 5.54 Å². The SMILES string of the molecule is COc1cncc(NC2(CCl)CCC2)n1. The lowest BCUT2D eigenvalue weighted by Gasteiger charge is -2.41. The van der Waals surface area contributed by atoms with E-state index in [0.717, 1.165) is 18.7 Å². The van der Waals surface area contributed by atoms with Gasteiger partial charge < -0.3 is 10.1 Å². The van der Waals surface area contributed by atoms with Crippen molar-refractivity contribution in [1.82, 2.24) is 9.97 Å². The molecule has 0 unspecified atom stereocenters. The van der Waals surface area contributed by atoms with Crippen molar-refractivity contribution in [1.29, 1.82) is 0 Å². The Morgan fingerprint density at radius 1 is 1.53 bits per heavy atom. The molecular formula is C10H14ClN3O. The number of hydrogen-bond acceptors (Lipinski definition) is 4. The van der Waals surface area contributed by atoms with E-state index in [0.29, 0.717) is 11.8 Å². The second-order valence-corrected chi connectivity index (χ2v) is 4.11. The van der Waals surface area contributed by atoms with Gasteiger partial charge in [-0.05, 0) is 19.3 Å². The Balaban J connectivity index is 2.09. The van der Waals surface area contributed by atoms with Crippen LogP contribution in [-0.4, -0.2) is 28.5 Å². The molecule has 15 heavy (non-hydrogen) atoms. The van der Waals surface area contributed by atoms with E-state index in [4.69, 9.17) is 16.3 Å². The van der Waals surface area contributed by atoms with Gasteiger partial charge in [-0.3, -0.25) is 4.98 Å². The molecule has 1 aromatic rings. The van der Waals surface area contributed by atoms with E-state index in [2.05, 4.69) is 15.3 Å². The molecule has 5 heteroatoms. The summed E-state index contributed by atoms with van der Waals surface area (Å²) in [6, 6.07) is 0. The number of nitrogens with one attached hydrogen (secondary N) is 1. The van der Waals surface area contributed by atoms with E-state index in [1.807, 2.05) is 0 Å². The van der Waals surface area contributed by atoms with Gasteiger partial charge in [0, 0.05) is 5.88 Å². The summed E-state index contributed by atoms with van der Waals surface area (Å²) in [7, 11) is 1.58. The third kappa shape index (κ3) is 2.15. The van der Waals surface area contributed by atoms with Crippen LogP contribution in [0.4, 0.5) is 5.82 Å². The topological polar surface area (TPSA) is 47.0 Å². The van der Waals surface area contributed by atoms with Gasteiger partial charge >= 0.3 is 0 Å². The number of halogens is 1. The summed E-state index contributed by atoms with van der Waals surface area (Å²) in [5.74, 6) is 1.85. The highest BCUT2D eigenvalue weighted by Gasteiger charge is 2.36. The molecular weight excluding hydrogens is 214 g/mol. The highest BCUT2D eigenvalue weighted by atomic mass is 35.5. The average Bonchev–Trinajstić information content (AvgIpc) is 2.24. The maximum Gasteiger partial charge on any atom is 0.233 e. The number of ether oxygens (including phenoxy) is 1. The van der Waals surface area contributed by atoms with Gasteiger partial charge in [0.1, 0.15) is 5.82 Å². The molecule has 1 saturated carbocycles. The number of nitrogens with zero attached hydrogens (tertiary/aromatic N) is 2. The zero-order valence-electron chi connectivity index (χ0n) is 8.66. The number of hydrogen-bond donors (Lipinski definition) is 1. The molecule has 2 rings (SSSR count). The van der Waals surface area contributed by atoms with Crippen LogP contribution < -0.4 is 10.1 Å². The predicted molar refractivity (Wildman–Crippen MR) is 59.5 cm³/mol. The van der Waals surface area contributed by atoms with Gasteiger partial charge in [-0.2, -0.15) is 4.98 Å². The smallest absolute Gasteiger partial charge is 0.233 e. The minimum atomic E-state index is 0.0165. The fraction of sp³-hybridized carbons (Fsp3) is 0.600. The van der Waals surface area contributed by atoms with E-state index >= 15 is 0 Å². The van der Waals surface area contributed by atoms with E-state index < -0.39 is 0 Å². The van der Waals surface area contributed by atoms with Crippen LogP contribution in [0.5, 0.6) is 5.88 Å². The Bertz CT molecular complexity index is 336. The van der Waals surface area contributed by atoms with Crippen LogP contribution in [0, 0.1) is 0 Å². The van der Waals surface area contributed by atoms with E-state index in [9.17, 15) is 0 Å². The summed E-state index contributed by atoms with van der Waals surface area (Å²) < 4.78 is 5.01. The molecule has 1 aliphatic rings. The minimum absolute atomic E-state index is 0.0165. The van der Waals surface area contributed by atoms with Crippen LogP contribution in [0.25, 0.3) is 0 Å². The average molecular weight is 228 g/mol. The quantitative estimate of drug-likeness (QED) is 0.800. The maximum absolute atomic E-state index is 5.94. The van der Waals surface area contributed by atoms with Crippen LogP contribution in [0.15, 0.2) is 12.4 Å². The fourth-order valence-corrected chi connectivity index (χ4v) is 2.01. The maximum atomic E-state index is 5.94. The summed E-state index contributed by atoms with van der Waals surface area (Å²) in [4.78, 5) is 8.29. The van der Waals surface area contributed by atoms with Crippen molar-refractivity contribution >= 4 is 17.4 Å². The lowest BCUT2D eigenvalue weighted by Crippen LogP contribution is -2.47. The van der Waals surface area contributed by atoms with Gasteiger partial charge in [-0.1, -0.05) is 0 Å². The van der Waals surface area contributed by atoms with Gasteiger partial charge in [-0.15, -0.1) is 11.6 Å². The number of aromatic nitrogens is 2. The Morgan fingerprint density at radius 2 is 2.33 bits per heavy atom. The molecule has 0 bridgehead atoms. The van der Waals surface area contributed by atoms with Gasteiger partial charge in [0.2, 0.25) is 5.88 Å². The Morgan fingerprint density at radius 3 is 2.87 bits per heavy atom. The van der Waals surface area contributed by atoms with Crippen LogP contribution in [0.3, 0.4) is 0 Å². The van der Waals surface area contributed by atoms with Crippen LogP contribution >= 0.6 is 11.6 Å². The standard InChI is InChI=1S/C10H14ClN3O/c1-15-9-6-12-5-8(13-9)14-10(7-11)3-2-4-10/h5-6H,2-4,7H2,1H3,(H,13,14). The summed E-state index contributed by atoms with van der Waals surface area (Å²) in [6.45, 7) is 0. The van der Waals surface area contributed by atoms with Crippen molar-refractivity contribution in [3.8, 4) is 5.88 Å². The molecule has 0 saturated heterocycles. The molecule has 1 heterocycles. The summed E-state index contributed by atoms with van der Waals surface area (Å²) in [6.07, 6.45) is 6.68. The van der Waals surface area contributed by atoms with E-state index in [1.165, 1.54) is 6.42 Å². The molecule has 0 aromatic carbocycles. The normalized spacial score (nSPS) is 18.0. The van der Waals surface area contributed by atoms with Crippen molar-refractivity contribution in [2.45, 2.75) is 24.8 Å². The first-order chi connectivity index (χ1) is 7.28. The lowest BCUT2D eigenvalue weighted by atomic mass is 9.78. The first-order valence-corrected chi connectivity index (χ1v) is 5.52. The fourth-order valence-electron chi connectivity index (χ4n) is 1.67. The third-order valence-corrected chi connectivity index (χ3v) is 3.29. The summed E-state index contributed by atoms with van der Waals surface area (Å²) in [5, 5.41) is 3.33. The van der Waals surface area contributed by atoms with Crippen molar-refractivity contribution in [2.75, 3.05) is 18.3 Å². The van der Waals surface area contributed by atoms with Crippen molar-refractivity contribution < 1.29 is 4.74 Å². The Hall–Kier alpha value is -1.03. The largest absolute Gasteiger partial charge is 0.480 e. The van der Waals surface area contributed by atoms with Gasteiger partial charge in [0.05, 0.1) is 25.0 Å². The molecule has 4 nitrogen and oxygen atoms in total.